The Morgan fingerprint density at radius 1 is 1.57 bits per heavy atom. The van der Waals surface area contributed by atoms with Gasteiger partial charge in [0.25, 0.3) is 0 Å². The van der Waals surface area contributed by atoms with Gasteiger partial charge in [-0.05, 0) is 24.3 Å². The molecule has 1 aliphatic heterocycles. The molecule has 1 saturated heterocycles. The minimum Gasteiger partial charge on any atom is -0.346 e. The first-order chi connectivity index (χ1) is 11.1. The van der Waals surface area contributed by atoms with E-state index in [2.05, 4.69) is 28.8 Å². The summed E-state index contributed by atoms with van der Waals surface area (Å²) in [5.74, 6) is 1.01. The van der Waals surface area contributed by atoms with Gasteiger partial charge in [0.2, 0.25) is 5.91 Å². The van der Waals surface area contributed by atoms with Crippen molar-refractivity contribution in [3.05, 3.63) is 24.3 Å². The standard InChI is InChI=1S/C17H21N5O/c1-11-5-8-22(15(23)3-6-18)9-14(11)12(2)16-13-4-7-19-17(13)21-10-20-16/h4,7,10-12,14H,3,5,8-9H2,1-2H3,(H,19,20,21)/t11-,12-,14?/m1/s1. The van der Waals surface area contributed by atoms with Crippen molar-refractivity contribution in [2.45, 2.75) is 32.6 Å². The number of likely N-dealkylation sites (tertiary alicyclic amines) is 1. The van der Waals surface area contributed by atoms with Crippen molar-refractivity contribution in [2.24, 2.45) is 11.8 Å². The van der Waals surface area contributed by atoms with Crippen molar-refractivity contribution in [2.75, 3.05) is 13.1 Å². The summed E-state index contributed by atoms with van der Waals surface area (Å²) in [6.45, 7) is 5.85. The fourth-order valence-corrected chi connectivity index (χ4v) is 3.61. The third-order valence-electron chi connectivity index (χ3n) is 5.06. The summed E-state index contributed by atoms with van der Waals surface area (Å²) in [6.07, 6.45) is 4.40. The van der Waals surface area contributed by atoms with E-state index in [1.54, 1.807) is 6.33 Å². The van der Waals surface area contributed by atoms with Crippen molar-refractivity contribution in [1.82, 2.24) is 19.9 Å². The van der Waals surface area contributed by atoms with Gasteiger partial charge >= 0.3 is 0 Å². The smallest absolute Gasteiger partial charge is 0.236 e. The van der Waals surface area contributed by atoms with Crippen molar-refractivity contribution in [3.8, 4) is 6.07 Å². The lowest BCUT2D eigenvalue weighted by Gasteiger charge is -2.39. The molecule has 23 heavy (non-hydrogen) atoms. The SMILES string of the molecule is C[C@@H]1CCN(C(=O)CC#N)CC1[C@@H](C)c1ncnc2[nH]ccc12. The summed E-state index contributed by atoms with van der Waals surface area (Å²) in [5, 5.41) is 9.80. The van der Waals surface area contributed by atoms with E-state index in [0.717, 1.165) is 29.7 Å². The Labute approximate surface area is 135 Å². The molecular weight excluding hydrogens is 290 g/mol. The number of hydrogen-bond donors (Lipinski definition) is 1. The monoisotopic (exact) mass is 311 g/mol. The molecule has 6 nitrogen and oxygen atoms in total. The quantitative estimate of drug-likeness (QED) is 0.943. The number of hydrogen-bond acceptors (Lipinski definition) is 4. The molecule has 2 aromatic heterocycles. The molecular formula is C17H21N5O. The molecule has 1 amide bonds. The number of piperidine rings is 1. The second-order valence-electron chi connectivity index (χ2n) is 6.39. The van der Waals surface area contributed by atoms with Crippen LogP contribution < -0.4 is 0 Å². The molecule has 120 valence electrons. The van der Waals surface area contributed by atoms with Gasteiger partial charge in [-0.25, -0.2) is 9.97 Å². The van der Waals surface area contributed by atoms with Crippen molar-refractivity contribution in [1.29, 1.82) is 5.26 Å². The van der Waals surface area contributed by atoms with Gasteiger partial charge in [-0.15, -0.1) is 0 Å². The Balaban J connectivity index is 1.85. The van der Waals surface area contributed by atoms with Crippen LogP contribution in [0.15, 0.2) is 18.6 Å². The number of rotatable bonds is 3. The lowest BCUT2D eigenvalue weighted by Crippen LogP contribution is -2.44. The highest BCUT2D eigenvalue weighted by Gasteiger charge is 2.34. The Kier molecular flexibility index (Phi) is 4.28. The van der Waals surface area contributed by atoms with E-state index in [1.807, 2.05) is 23.2 Å². The minimum atomic E-state index is -0.0638. The van der Waals surface area contributed by atoms with Crippen LogP contribution in [0.2, 0.25) is 0 Å². The van der Waals surface area contributed by atoms with E-state index >= 15 is 0 Å². The van der Waals surface area contributed by atoms with Crippen molar-refractivity contribution in [3.63, 3.8) is 0 Å². The van der Waals surface area contributed by atoms with E-state index < -0.39 is 0 Å². The number of carbonyl (C=O) groups is 1. The molecule has 0 radical (unpaired) electrons. The van der Waals surface area contributed by atoms with Crippen LogP contribution >= 0.6 is 0 Å². The van der Waals surface area contributed by atoms with Gasteiger partial charge in [0.1, 0.15) is 18.4 Å². The highest BCUT2D eigenvalue weighted by atomic mass is 16.2. The maximum atomic E-state index is 12.1. The van der Waals surface area contributed by atoms with E-state index in [4.69, 9.17) is 5.26 Å². The number of nitrogens with one attached hydrogen (secondary N) is 1. The third kappa shape index (κ3) is 2.91. The van der Waals surface area contributed by atoms with Gasteiger partial charge in [-0.2, -0.15) is 5.26 Å². The van der Waals surface area contributed by atoms with Crippen LogP contribution in [-0.4, -0.2) is 38.8 Å². The molecule has 0 bridgehead atoms. The molecule has 1 unspecified atom stereocenters. The zero-order chi connectivity index (χ0) is 16.4. The van der Waals surface area contributed by atoms with Gasteiger partial charge in [-0.3, -0.25) is 4.79 Å². The topological polar surface area (TPSA) is 85.7 Å². The first-order valence-corrected chi connectivity index (χ1v) is 8.04. The number of nitriles is 1. The Hall–Kier alpha value is -2.42. The van der Waals surface area contributed by atoms with E-state index in [-0.39, 0.29) is 18.2 Å². The van der Waals surface area contributed by atoms with Gasteiger partial charge < -0.3 is 9.88 Å². The van der Waals surface area contributed by atoms with Crippen molar-refractivity contribution < 1.29 is 4.79 Å². The van der Waals surface area contributed by atoms with Gasteiger partial charge in [0.15, 0.2) is 0 Å². The Morgan fingerprint density at radius 3 is 3.17 bits per heavy atom. The van der Waals surface area contributed by atoms with Crippen LogP contribution in [0.4, 0.5) is 0 Å². The van der Waals surface area contributed by atoms with Crippen LogP contribution in [0.5, 0.6) is 0 Å². The number of aromatic nitrogens is 3. The molecule has 1 aliphatic rings. The minimum absolute atomic E-state index is 0.0367. The fraction of sp³-hybridized carbons (Fsp3) is 0.529. The lowest BCUT2D eigenvalue weighted by atomic mass is 9.77. The molecule has 3 heterocycles. The Bertz CT molecular complexity index is 747. The summed E-state index contributed by atoms with van der Waals surface area (Å²) < 4.78 is 0. The van der Waals surface area contributed by atoms with Crippen LogP contribution in [0.25, 0.3) is 11.0 Å². The maximum absolute atomic E-state index is 12.1. The first kappa shape index (κ1) is 15.5. The molecule has 1 N–H and O–H groups in total. The molecule has 0 saturated carbocycles. The van der Waals surface area contributed by atoms with Gasteiger partial charge in [0, 0.05) is 30.6 Å². The third-order valence-corrected chi connectivity index (χ3v) is 5.06. The molecule has 6 heteroatoms. The number of nitrogens with zero attached hydrogens (tertiary/aromatic N) is 4. The molecule has 1 fully saturated rings. The van der Waals surface area contributed by atoms with Crippen LogP contribution in [0.3, 0.4) is 0 Å². The normalized spacial score (nSPS) is 22.7. The first-order valence-electron chi connectivity index (χ1n) is 8.04. The van der Waals surface area contributed by atoms with Crippen LogP contribution in [0, 0.1) is 23.2 Å². The summed E-state index contributed by atoms with van der Waals surface area (Å²) in [7, 11) is 0. The zero-order valence-corrected chi connectivity index (χ0v) is 13.5. The van der Waals surface area contributed by atoms with E-state index in [9.17, 15) is 4.79 Å². The number of H-pyrrole nitrogens is 1. The largest absolute Gasteiger partial charge is 0.346 e. The Morgan fingerprint density at radius 2 is 2.39 bits per heavy atom. The van der Waals surface area contributed by atoms with Crippen molar-refractivity contribution >= 4 is 16.9 Å². The number of aromatic amines is 1. The second kappa shape index (κ2) is 6.37. The fourth-order valence-electron chi connectivity index (χ4n) is 3.61. The van der Waals surface area contributed by atoms with Gasteiger partial charge in [0.05, 0.1) is 11.8 Å². The maximum Gasteiger partial charge on any atom is 0.236 e. The zero-order valence-electron chi connectivity index (χ0n) is 13.5. The molecule has 2 aromatic rings. The summed E-state index contributed by atoms with van der Waals surface area (Å²) in [4.78, 5) is 25.8. The highest BCUT2D eigenvalue weighted by Crippen LogP contribution is 2.36. The lowest BCUT2D eigenvalue weighted by molar-refractivity contribution is -0.132. The van der Waals surface area contributed by atoms with Crippen LogP contribution in [-0.2, 0) is 4.79 Å². The average Bonchev–Trinajstić information content (AvgIpc) is 3.03. The number of fused-ring (bicyclic) bond motifs is 1. The van der Waals surface area contributed by atoms with E-state index in [1.165, 1.54) is 0 Å². The summed E-state index contributed by atoms with van der Waals surface area (Å²) in [5.41, 5.74) is 1.88. The predicted octanol–water partition coefficient (Wildman–Crippen LogP) is 2.46. The second-order valence-corrected chi connectivity index (χ2v) is 6.39. The molecule has 0 aromatic carbocycles. The molecule has 0 spiro atoms. The summed E-state index contributed by atoms with van der Waals surface area (Å²) in [6, 6.07) is 3.96. The van der Waals surface area contributed by atoms with Gasteiger partial charge in [-0.1, -0.05) is 13.8 Å². The molecule has 3 rings (SSSR count). The highest BCUT2D eigenvalue weighted by molar-refractivity contribution is 5.79. The number of amides is 1. The van der Waals surface area contributed by atoms with Crippen LogP contribution in [0.1, 0.15) is 38.3 Å². The molecule has 0 aliphatic carbocycles. The van der Waals surface area contributed by atoms with E-state index in [0.29, 0.717) is 18.4 Å². The number of carbonyl (C=O) groups excluding carboxylic acids is 1. The summed E-state index contributed by atoms with van der Waals surface area (Å²) >= 11 is 0. The predicted molar refractivity (Wildman–Crippen MR) is 86.4 cm³/mol. The average molecular weight is 311 g/mol. The molecule has 3 atom stereocenters.